The third-order valence-corrected chi connectivity index (χ3v) is 2.25. The highest BCUT2D eigenvalue weighted by molar-refractivity contribution is 5.67. The average Bonchev–Trinajstić information content (AvgIpc) is 2.61. The van der Waals surface area contributed by atoms with Crippen molar-refractivity contribution in [3.05, 3.63) is 12.2 Å². The van der Waals surface area contributed by atoms with E-state index in [1.54, 1.807) is 20.8 Å². The van der Waals surface area contributed by atoms with Gasteiger partial charge < -0.3 is 9.47 Å². The van der Waals surface area contributed by atoms with Crippen LogP contribution in [0, 0.1) is 0 Å². The fourth-order valence-corrected chi connectivity index (χ4v) is 1.53. The first-order valence-corrected chi connectivity index (χ1v) is 5.25. The molecule has 0 aromatic rings. The molecule has 1 aliphatic carbocycles. The number of amides is 1. The number of carbonyl (C=O) groups excluding carboxylic acids is 1. The van der Waals surface area contributed by atoms with Crippen LogP contribution in [0.4, 0.5) is 4.79 Å². The van der Waals surface area contributed by atoms with Crippen molar-refractivity contribution in [2.24, 2.45) is 0 Å². The molecule has 0 saturated carbocycles. The van der Waals surface area contributed by atoms with Crippen molar-refractivity contribution in [1.82, 2.24) is 5.06 Å². The van der Waals surface area contributed by atoms with Crippen LogP contribution < -0.4 is 0 Å². The molecule has 16 heavy (non-hydrogen) atoms. The molecule has 92 valence electrons. The van der Waals surface area contributed by atoms with Gasteiger partial charge in [0.1, 0.15) is 5.60 Å². The molecule has 0 aliphatic heterocycles. The first kappa shape index (κ1) is 13.0. The van der Waals surface area contributed by atoms with Crippen LogP contribution in [0.2, 0.25) is 0 Å². The van der Waals surface area contributed by atoms with E-state index in [0.717, 1.165) is 0 Å². The smallest absolute Gasteiger partial charge is 0.434 e. The third-order valence-electron chi connectivity index (χ3n) is 2.25. The van der Waals surface area contributed by atoms with Crippen LogP contribution >= 0.6 is 0 Å². The number of hydrogen-bond donors (Lipinski definition) is 1. The Hall–Kier alpha value is -1.07. The Morgan fingerprint density at radius 2 is 2.12 bits per heavy atom. The van der Waals surface area contributed by atoms with Gasteiger partial charge in [-0.1, -0.05) is 12.2 Å². The Bertz CT molecular complexity index is 282. The molecule has 0 bridgehead atoms. The summed E-state index contributed by atoms with van der Waals surface area (Å²) in [6.07, 6.45) is 3.22. The standard InChI is InChI=1S/C11H19NO4/c1-11(2,3)16-10(13)12(14)8-6-5-7-9(8)15-4/h5,7-9,14H,6H2,1-4H3/t8-,9+/m1/s1. The normalized spacial score (nSPS) is 24.6. The molecular formula is C11H19NO4. The zero-order valence-electron chi connectivity index (χ0n) is 10.1. The first-order chi connectivity index (χ1) is 7.35. The van der Waals surface area contributed by atoms with Gasteiger partial charge in [-0.25, -0.2) is 4.79 Å². The summed E-state index contributed by atoms with van der Waals surface area (Å²) in [6, 6.07) is -0.403. The number of hydrogen-bond acceptors (Lipinski definition) is 4. The van der Waals surface area contributed by atoms with Crippen LogP contribution in [0.1, 0.15) is 27.2 Å². The predicted octanol–water partition coefficient (Wildman–Crippen LogP) is 1.96. The summed E-state index contributed by atoms with van der Waals surface area (Å²) in [5, 5.41) is 10.3. The minimum Gasteiger partial charge on any atom is -0.442 e. The number of hydroxylamine groups is 2. The van der Waals surface area contributed by atoms with Gasteiger partial charge in [-0.2, -0.15) is 5.06 Å². The van der Waals surface area contributed by atoms with Crippen molar-refractivity contribution in [2.75, 3.05) is 7.11 Å². The molecule has 5 nitrogen and oxygen atoms in total. The molecule has 0 unspecified atom stereocenters. The molecule has 2 atom stereocenters. The molecule has 1 amide bonds. The van der Waals surface area contributed by atoms with E-state index in [1.807, 2.05) is 12.2 Å². The molecule has 0 aromatic carbocycles. The Kier molecular flexibility index (Phi) is 3.93. The summed E-state index contributed by atoms with van der Waals surface area (Å²) in [5.74, 6) is 0. The SMILES string of the molecule is CO[C@H]1C=CC[C@H]1N(O)C(=O)OC(C)(C)C. The second kappa shape index (κ2) is 4.84. The number of methoxy groups -OCH3 is 1. The number of carbonyl (C=O) groups is 1. The van der Waals surface area contributed by atoms with Gasteiger partial charge >= 0.3 is 6.09 Å². The van der Waals surface area contributed by atoms with E-state index in [1.165, 1.54) is 7.11 Å². The summed E-state index contributed by atoms with van der Waals surface area (Å²) in [6.45, 7) is 5.25. The zero-order valence-corrected chi connectivity index (χ0v) is 10.1. The molecule has 5 heteroatoms. The van der Waals surface area contributed by atoms with Gasteiger partial charge in [-0.3, -0.25) is 5.21 Å². The van der Waals surface area contributed by atoms with Crippen LogP contribution in [0.5, 0.6) is 0 Å². The van der Waals surface area contributed by atoms with Crippen molar-refractivity contribution < 1.29 is 19.5 Å². The zero-order chi connectivity index (χ0) is 12.3. The summed E-state index contributed by atoms with van der Waals surface area (Å²) in [5.41, 5.74) is -0.618. The van der Waals surface area contributed by atoms with E-state index in [0.29, 0.717) is 11.5 Å². The minimum absolute atomic E-state index is 0.280. The number of rotatable bonds is 2. The van der Waals surface area contributed by atoms with E-state index in [-0.39, 0.29) is 6.10 Å². The topological polar surface area (TPSA) is 59.0 Å². The van der Waals surface area contributed by atoms with E-state index in [2.05, 4.69) is 0 Å². The van der Waals surface area contributed by atoms with Crippen LogP contribution in [0.15, 0.2) is 12.2 Å². The van der Waals surface area contributed by atoms with E-state index in [4.69, 9.17) is 9.47 Å². The van der Waals surface area contributed by atoms with Crippen molar-refractivity contribution in [3.8, 4) is 0 Å². The lowest BCUT2D eigenvalue weighted by atomic mass is 10.2. The fourth-order valence-electron chi connectivity index (χ4n) is 1.53. The van der Waals surface area contributed by atoms with E-state index >= 15 is 0 Å². The molecule has 0 saturated heterocycles. The van der Waals surface area contributed by atoms with Gasteiger partial charge in [-0.15, -0.1) is 0 Å². The Labute approximate surface area is 95.6 Å². The minimum atomic E-state index is -0.747. The second-order valence-corrected chi connectivity index (χ2v) is 4.76. The lowest BCUT2D eigenvalue weighted by Gasteiger charge is -2.29. The molecule has 0 radical (unpaired) electrons. The summed E-state index contributed by atoms with van der Waals surface area (Å²) in [7, 11) is 1.54. The molecular weight excluding hydrogens is 210 g/mol. The molecule has 0 fully saturated rings. The van der Waals surface area contributed by atoms with E-state index in [9.17, 15) is 10.0 Å². The first-order valence-electron chi connectivity index (χ1n) is 5.25. The maximum atomic E-state index is 11.6. The van der Waals surface area contributed by atoms with Crippen molar-refractivity contribution in [3.63, 3.8) is 0 Å². The summed E-state index contributed by atoms with van der Waals surface area (Å²) < 4.78 is 10.2. The van der Waals surface area contributed by atoms with Gasteiger partial charge in [0.15, 0.2) is 0 Å². The van der Waals surface area contributed by atoms with Crippen molar-refractivity contribution in [1.29, 1.82) is 0 Å². The fraction of sp³-hybridized carbons (Fsp3) is 0.727. The van der Waals surface area contributed by atoms with Crippen LogP contribution in [0.3, 0.4) is 0 Å². The quantitative estimate of drug-likeness (QED) is 0.446. The Morgan fingerprint density at radius 3 is 2.62 bits per heavy atom. The number of nitrogens with zero attached hydrogens (tertiary/aromatic N) is 1. The monoisotopic (exact) mass is 229 g/mol. The summed E-state index contributed by atoms with van der Waals surface area (Å²) in [4.78, 5) is 11.6. The molecule has 0 spiro atoms. The Balaban J connectivity index is 2.57. The lowest BCUT2D eigenvalue weighted by molar-refractivity contribution is -0.137. The highest BCUT2D eigenvalue weighted by Gasteiger charge is 2.33. The van der Waals surface area contributed by atoms with Gasteiger partial charge in [-0.05, 0) is 27.2 Å². The lowest BCUT2D eigenvalue weighted by Crippen LogP contribution is -2.45. The highest BCUT2D eigenvalue weighted by Crippen LogP contribution is 2.20. The van der Waals surface area contributed by atoms with Crippen LogP contribution in [-0.4, -0.2) is 41.2 Å². The summed E-state index contributed by atoms with van der Waals surface area (Å²) >= 11 is 0. The maximum absolute atomic E-state index is 11.6. The maximum Gasteiger partial charge on any atom is 0.434 e. The van der Waals surface area contributed by atoms with Crippen LogP contribution in [0.25, 0.3) is 0 Å². The van der Waals surface area contributed by atoms with Crippen molar-refractivity contribution >= 4 is 6.09 Å². The van der Waals surface area contributed by atoms with Gasteiger partial charge in [0.05, 0.1) is 12.1 Å². The van der Waals surface area contributed by atoms with E-state index < -0.39 is 17.7 Å². The average molecular weight is 229 g/mol. The van der Waals surface area contributed by atoms with Gasteiger partial charge in [0, 0.05) is 7.11 Å². The third kappa shape index (κ3) is 3.21. The van der Waals surface area contributed by atoms with Crippen LogP contribution in [-0.2, 0) is 9.47 Å². The molecule has 0 aromatic heterocycles. The second-order valence-electron chi connectivity index (χ2n) is 4.76. The Morgan fingerprint density at radius 1 is 1.50 bits per heavy atom. The predicted molar refractivity (Wildman–Crippen MR) is 58.2 cm³/mol. The highest BCUT2D eigenvalue weighted by atomic mass is 16.6. The number of ether oxygens (including phenoxy) is 2. The molecule has 1 aliphatic rings. The largest absolute Gasteiger partial charge is 0.442 e. The van der Waals surface area contributed by atoms with Gasteiger partial charge in [0.2, 0.25) is 0 Å². The van der Waals surface area contributed by atoms with Gasteiger partial charge in [0.25, 0.3) is 0 Å². The molecule has 1 N–H and O–H groups in total. The van der Waals surface area contributed by atoms with Crippen molar-refractivity contribution in [2.45, 2.75) is 44.9 Å². The molecule has 1 rings (SSSR count). The molecule has 0 heterocycles.